The van der Waals surface area contributed by atoms with Crippen LogP contribution in [0.15, 0.2) is 113 Å². The molecule has 0 N–H and O–H groups in total. The van der Waals surface area contributed by atoms with Gasteiger partial charge in [0.1, 0.15) is 0 Å². The summed E-state index contributed by atoms with van der Waals surface area (Å²) in [6, 6.07) is 11.5. The highest BCUT2D eigenvalue weighted by atomic mass is 14.5. The van der Waals surface area contributed by atoms with E-state index in [1.807, 2.05) is 0 Å². The van der Waals surface area contributed by atoms with Gasteiger partial charge in [0.2, 0.25) is 0 Å². The SMILES string of the molecule is C1=CC2C=C3C4=C5C(=c6cc7ccccc7c7c6=C(C=CC7)C5C5=C3C(CC=C5)C2CC1)C=CC4. The van der Waals surface area contributed by atoms with Crippen LogP contribution in [0.2, 0.25) is 0 Å². The topological polar surface area (TPSA) is 0 Å². The number of allylic oxidation sites excluding steroid dienone is 14. The lowest BCUT2D eigenvalue weighted by atomic mass is 9.56. The van der Waals surface area contributed by atoms with Crippen molar-refractivity contribution in [3.05, 3.63) is 129 Å². The van der Waals surface area contributed by atoms with Gasteiger partial charge in [-0.05, 0) is 122 Å². The number of fused-ring (bicyclic) bond motifs is 7. The summed E-state index contributed by atoms with van der Waals surface area (Å²) in [5, 5.41) is 5.81. The molecule has 7 aliphatic carbocycles. The van der Waals surface area contributed by atoms with E-state index in [9.17, 15) is 0 Å². The van der Waals surface area contributed by atoms with Gasteiger partial charge in [0.05, 0.1) is 0 Å². The van der Waals surface area contributed by atoms with Gasteiger partial charge in [-0.15, -0.1) is 0 Å². The van der Waals surface area contributed by atoms with Crippen LogP contribution in [0.3, 0.4) is 0 Å². The summed E-state index contributed by atoms with van der Waals surface area (Å²) < 4.78 is 0. The van der Waals surface area contributed by atoms with Crippen molar-refractivity contribution >= 4 is 21.9 Å². The minimum absolute atomic E-state index is 0.385. The molecule has 0 nitrogen and oxygen atoms in total. The Labute approximate surface area is 206 Å². The van der Waals surface area contributed by atoms with E-state index in [1.165, 1.54) is 51.6 Å². The largest absolute Gasteiger partial charge is 0.0879 e. The van der Waals surface area contributed by atoms with E-state index in [-0.39, 0.29) is 0 Å². The van der Waals surface area contributed by atoms with Crippen LogP contribution in [0.1, 0.15) is 31.2 Å². The van der Waals surface area contributed by atoms with Gasteiger partial charge in [-0.3, -0.25) is 0 Å². The van der Waals surface area contributed by atoms with Gasteiger partial charge in [0, 0.05) is 5.92 Å². The number of rotatable bonds is 0. The van der Waals surface area contributed by atoms with Crippen molar-refractivity contribution in [1.29, 1.82) is 0 Å². The molecule has 0 aromatic heterocycles. The van der Waals surface area contributed by atoms with Gasteiger partial charge in [-0.2, -0.15) is 0 Å². The summed E-state index contributed by atoms with van der Waals surface area (Å²) in [6.45, 7) is 0. The summed E-state index contributed by atoms with van der Waals surface area (Å²) in [6.07, 6.45) is 28.4. The summed E-state index contributed by atoms with van der Waals surface area (Å²) in [5.74, 6) is 2.44. The minimum atomic E-state index is 0.385. The van der Waals surface area contributed by atoms with Crippen molar-refractivity contribution in [2.24, 2.45) is 23.7 Å². The fourth-order valence-corrected chi connectivity index (χ4v) is 8.59. The molecule has 9 rings (SSSR count). The predicted octanol–water partition coefficient (Wildman–Crippen LogP) is 6.55. The molecule has 35 heavy (non-hydrogen) atoms. The number of benzene rings is 2. The molecule has 0 saturated heterocycles. The molecule has 0 spiro atoms. The van der Waals surface area contributed by atoms with Crippen LogP contribution >= 0.6 is 0 Å². The molecule has 7 aliphatic rings. The van der Waals surface area contributed by atoms with Gasteiger partial charge in [0.15, 0.2) is 0 Å². The molecule has 0 heteroatoms. The molecule has 4 unspecified atom stereocenters. The third-order valence-electron chi connectivity index (χ3n) is 9.87. The Morgan fingerprint density at radius 3 is 2.74 bits per heavy atom. The maximum Gasteiger partial charge on any atom is 0.0358 e. The summed E-state index contributed by atoms with van der Waals surface area (Å²) in [5.41, 5.74) is 12.7. The van der Waals surface area contributed by atoms with Crippen LogP contribution in [-0.2, 0) is 6.42 Å². The van der Waals surface area contributed by atoms with E-state index in [4.69, 9.17) is 0 Å². The Balaban J connectivity index is 1.45. The number of hydrogen-bond acceptors (Lipinski definition) is 0. The molecular weight excluding hydrogens is 420 g/mol. The van der Waals surface area contributed by atoms with Crippen molar-refractivity contribution in [3.63, 3.8) is 0 Å². The van der Waals surface area contributed by atoms with Gasteiger partial charge in [-0.1, -0.05) is 78.9 Å². The maximum absolute atomic E-state index is 2.67. The lowest BCUT2D eigenvalue weighted by Gasteiger charge is -2.48. The Kier molecular flexibility index (Phi) is 3.58. The quantitative estimate of drug-likeness (QED) is 0.401. The van der Waals surface area contributed by atoms with Crippen LogP contribution in [0.5, 0.6) is 0 Å². The van der Waals surface area contributed by atoms with Gasteiger partial charge < -0.3 is 0 Å². The van der Waals surface area contributed by atoms with E-state index >= 15 is 0 Å². The van der Waals surface area contributed by atoms with Crippen molar-refractivity contribution in [2.75, 3.05) is 0 Å². The molecule has 0 saturated carbocycles. The molecule has 0 aliphatic heterocycles. The molecule has 0 fully saturated rings. The average Bonchev–Trinajstić information content (AvgIpc) is 2.92. The zero-order valence-electron chi connectivity index (χ0n) is 19.9. The molecule has 0 radical (unpaired) electrons. The first kappa shape index (κ1) is 18.9. The predicted molar refractivity (Wildman–Crippen MR) is 145 cm³/mol. The highest BCUT2D eigenvalue weighted by Gasteiger charge is 2.45. The first-order valence-corrected chi connectivity index (χ1v) is 13.5. The Morgan fingerprint density at radius 2 is 1.74 bits per heavy atom. The summed E-state index contributed by atoms with van der Waals surface area (Å²) in [7, 11) is 0. The molecule has 2 aromatic carbocycles. The fourth-order valence-electron chi connectivity index (χ4n) is 8.59. The monoisotopic (exact) mass is 448 g/mol. The van der Waals surface area contributed by atoms with E-state index < -0.39 is 0 Å². The second-order valence-electron chi connectivity index (χ2n) is 11.3. The van der Waals surface area contributed by atoms with Gasteiger partial charge in [-0.25, -0.2) is 0 Å². The third-order valence-corrected chi connectivity index (χ3v) is 9.87. The first-order chi connectivity index (χ1) is 17.4. The highest BCUT2D eigenvalue weighted by Crippen LogP contribution is 2.58. The standard InChI is InChI=1S/C35H28/c1-3-10-22-20(8-1)18-30-26-14-5-15-27-31-19-21-9-2-4-11-23(21)25-13-7-17-29(33(25)31)35(34(26)27)28-16-6-12-24(22)32(28)30/h1-3,5-10,14,16-19,21,23,25,35H,4,11-13,15H2. The molecule has 0 bridgehead atoms. The first-order valence-electron chi connectivity index (χ1n) is 13.5. The lowest BCUT2D eigenvalue weighted by molar-refractivity contribution is 0.287. The van der Waals surface area contributed by atoms with E-state index in [2.05, 4.69) is 85.0 Å². The smallest absolute Gasteiger partial charge is 0.0358 e. The number of hydrogen-bond donors (Lipinski definition) is 0. The average molecular weight is 449 g/mol. The Hall–Kier alpha value is -3.38. The zero-order chi connectivity index (χ0) is 22.7. The normalized spacial score (nSPS) is 30.8. The molecule has 0 amide bonds. The zero-order valence-corrected chi connectivity index (χ0v) is 19.9. The third kappa shape index (κ3) is 2.29. The Morgan fingerprint density at radius 1 is 0.829 bits per heavy atom. The maximum atomic E-state index is 2.67. The van der Waals surface area contributed by atoms with Crippen LogP contribution in [0.4, 0.5) is 0 Å². The second kappa shape index (κ2) is 6.64. The van der Waals surface area contributed by atoms with Crippen molar-refractivity contribution < 1.29 is 0 Å². The van der Waals surface area contributed by atoms with Crippen LogP contribution < -0.4 is 10.4 Å². The van der Waals surface area contributed by atoms with E-state index in [0.717, 1.165) is 18.8 Å². The second-order valence-corrected chi connectivity index (χ2v) is 11.3. The van der Waals surface area contributed by atoms with Crippen molar-refractivity contribution in [1.82, 2.24) is 0 Å². The summed E-state index contributed by atoms with van der Waals surface area (Å²) in [4.78, 5) is 0. The Bertz CT molecular complexity index is 1720. The fraction of sp³-hybridized carbons (Fsp3) is 0.257. The molecule has 0 heterocycles. The van der Waals surface area contributed by atoms with Crippen LogP contribution in [-0.4, -0.2) is 0 Å². The highest BCUT2D eigenvalue weighted by molar-refractivity contribution is 5.96. The molecule has 2 aromatic rings. The van der Waals surface area contributed by atoms with Crippen molar-refractivity contribution in [2.45, 2.75) is 32.1 Å². The van der Waals surface area contributed by atoms with E-state index in [0.29, 0.717) is 17.8 Å². The van der Waals surface area contributed by atoms with Crippen LogP contribution in [0, 0.1) is 23.7 Å². The molecule has 4 atom stereocenters. The van der Waals surface area contributed by atoms with E-state index in [1.54, 1.807) is 33.4 Å². The van der Waals surface area contributed by atoms with Crippen molar-refractivity contribution in [3.8, 4) is 0 Å². The van der Waals surface area contributed by atoms with Crippen LogP contribution in [0.25, 0.3) is 21.9 Å². The van der Waals surface area contributed by atoms with Gasteiger partial charge >= 0.3 is 0 Å². The minimum Gasteiger partial charge on any atom is -0.0879 e. The van der Waals surface area contributed by atoms with Gasteiger partial charge in [0.25, 0.3) is 0 Å². The summed E-state index contributed by atoms with van der Waals surface area (Å²) >= 11 is 0. The lowest BCUT2D eigenvalue weighted by Crippen LogP contribution is -2.43. The molecular formula is C35H28. The molecule has 168 valence electrons.